The molecule has 0 bridgehead atoms. The second kappa shape index (κ2) is 4.28. The van der Waals surface area contributed by atoms with Gasteiger partial charge in [0.25, 0.3) is 5.56 Å². The van der Waals surface area contributed by atoms with Gasteiger partial charge in [-0.3, -0.25) is 9.36 Å². The van der Waals surface area contributed by atoms with E-state index in [1.165, 1.54) is 5.56 Å². The summed E-state index contributed by atoms with van der Waals surface area (Å²) in [6, 6.07) is 13.8. The lowest BCUT2D eigenvalue weighted by Gasteiger charge is -2.21. The zero-order chi connectivity index (χ0) is 13.7. The van der Waals surface area contributed by atoms with Gasteiger partial charge >= 0.3 is 0 Å². The highest BCUT2D eigenvalue weighted by atomic mass is 79.9. The SMILES string of the molecule is O=c1c2cccc(Br)c2nc2n1CCc1ccccc1-2. The van der Waals surface area contributed by atoms with Crippen LogP contribution in [0.1, 0.15) is 5.56 Å². The Kier molecular flexibility index (Phi) is 2.54. The molecular formula is C16H11BrN2O. The quantitative estimate of drug-likeness (QED) is 0.634. The summed E-state index contributed by atoms with van der Waals surface area (Å²) in [5.74, 6) is 0.774. The third-order valence-corrected chi connectivity index (χ3v) is 4.44. The van der Waals surface area contributed by atoms with Gasteiger partial charge in [-0.25, -0.2) is 4.98 Å². The van der Waals surface area contributed by atoms with Gasteiger partial charge in [0.05, 0.1) is 10.9 Å². The molecule has 0 aliphatic carbocycles. The summed E-state index contributed by atoms with van der Waals surface area (Å²) in [4.78, 5) is 17.4. The number of halogens is 1. The van der Waals surface area contributed by atoms with Crippen LogP contribution in [-0.4, -0.2) is 9.55 Å². The van der Waals surface area contributed by atoms with Crippen molar-refractivity contribution in [2.24, 2.45) is 0 Å². The van der Waals surface area contributed by atoms with E-state index in [-0.39, 0.29) is 5.56 Å². The summed E-state index contributed by atoms with van der Waals surface area (Å²) >= 11 is 3.49. The summed E-state index contributed by atoms with van der Waals surface area (Å²) in [6.07, 6.45) is 0.879. The van der Waals surface area contributed by atoms with Gasteiger partial charge in [0.1, 0.15) is 5.82 Å². The predicted octanol–water partition coefficient (Wildman–Crippen LogP) is 3.38. The van der Waals surface area contributed by atoms with Crippen LogP contribution >= 0.6 is 15.9 Å². The van der Waals surface area contributed by atoms with Crippen LogP contribution in [0.5, 0.6) is 0 Å². The highest BCUT2D eigenvalue weighted by Gasteiger charge is 2.20. The molecule has 0 N–H and O–H groups in total. The summed E-state index contributed by atoms with van der Waals surface area (Å²) in [6.45, 7) is 0.695. The lowest BCUT2D eigenvalue weighted by molar-refractivity contribution is 0.652. The number of nitrogens with zero attached hydrogens (tertiary/aromatic N) is 2. The summed E-state index contributed by atoms with van der Waals surface area (Å²) in [5.41, 5.74) is 3.10. The number of fused-ring (bicyclic) bond motifs is 4. The molecule has 0 saturated carbocycles. The van der Waals surface area contributed by atoms with Crippen LogP contribution in [0.25, 0.3) is 22.3 Å². The maximum atomic E-state index is 12.6. The first-order chi connectivity index (χ1) is 9.75. The molecule has 1 aliphatic rings. The first-order valence-corrected chi connectivity index (χ1v) is 7.32. The van der Waals surface area contributed by atoms with Crippen molar-refractivity contribution in [1.29, 1.82) is 0 Å². The Morgan fingerprint density at radius 1 is 1.10 bits per heavy atom. The molecule has 1 aliphatic heterocycles. The van der Waals surface area contributed by atoms with Crippen LogP contribution in [0.4, 0.5) is 0 Å². The number of rotatable bonds is 0. The molecular weight excluding hydrogens is 316 g/mol. The Balaban J connectivity index is 2.16. The molecule has 0 spiro atoms. The van der Waals surface area contributed by atoms with Gasteiger partial charge in [-0.1, -0.05) is 30.3 Å². The fraction of sp³-hybridized carbons (Fsp3) is 0.125. The molecule has 1 aromatic heterocycles. The van der Waals surface area contributed by atoms with E-state index in [2.05, 4.69) is 22.0 Å². The lowest BCUT2D eigenvalue weighted by atomic mass is 10.00. The minimum Gasteiger partial charge on any atom is -0.292 e. The van der Waals surface area contributed by atoms with E-state index in [1.807, 2.05) is 36.4 Å². The number of benzene rings is 2. The number of aromatic nitrogens is 2. The molecule has 0 unspecified atom stereocenters. The molecule has 4 rings (SSSR count). The zero-order valence-electron chi connectivity index (χ0n) is 10.6. The standard InChI is InChI=1S/C16H11BrN2O/c17-13-7-3-6-12-14(13)18-15-11-5-2-1-4-10(11)8-9-19(15)16(12)20/h1-7H,8-9H2. The molecule has 3 aromatic rings. The second-order valence-electron chi connectivity index (χ2n) is 4.94. The maximum absolute atomic E-state index is 12.6. The van der Waals surface area contributed by atoms with E-state index in [9.17, 15) is 4.79 Å². The van der Waals surface area contributed by atoms with Gasteiger partial charge in [0.2, 0.25) is 0 Å². The van der Waals surface area contributed by atoms with Crippen molar-refractivity contribution in [3.8, 4) is 11.4 Å². The highest BCUT2D eigenvalue weighted by molar-refractivity contribution is 9.10. The van der Waals surface area contributed by atoms with E-state index >= 15 is 0 Å². The molecule has 0 amide bonds. The molecule has 20 heavy (non-hydrogen) atoms. The summed E-state index contributed by atoms with van der Waals surface area (Å²) < 4.78 is 2.65. The molecule has 3 nitrogen and oxygen atoms in total. The monoisotopic (exact) mass is 326 g/mol. The molecule has 98 valence electrons. The first-order valence-electron chi connectivity index (χ1n) is 6.53. The van der Waals surface area contributed by atoms with Gasteiger partial charge in [-0.2, -0.15) is 0 Å². The van der Waals surface area contributed by atoms with Gasteiger partial charge in [-0.05, 0) is 40.0 Å². The van der Waals surface area contributed by atoms with Gasteiger partial charge in [-0.15, -0.1) is 0 Å². The largest absolute Gasteiger partial charge is 0.292 e. The van der Waals surface area contributed by atoms with Gasteiger partial charge in [0.15, 0.2) is 0 Å². The normalized spacial score (nSPS) is 13.1. The Morgan fingerprint density at radius 3 is 2.85 bits per heavy atom. The van der Waals surface area contributed by atoms with Crippen LogP contribution in [0.3, 0.4) is 0 Å². The van der Waals surface area contributed by atoms with Crippen molar-refractivity contribution in [3.05, 3.63) is 62.9 Å². The van der Waals surface area contributed by atoms with E-state index in [0.717, 1.165) is 27.8 Å². The molecule has 0 radical (unpaired) electrons. The second-order valence-corrected chi connectivity index (χ2v) is 5.79. The van der Waals surface area contributed by atoms with Crippen LogP contribution < -0.4 is 5.56 Å². The maximum Gasteiger partial charge on any atom is 0.261 e. The van der Waals surface area contributed by atoms with Crippen molar-refractivity contribution in [3.63, 3.8) is 0 Å². The van der Waals surface area contributed by atoms with Crippen LogP contribution in [-0.2, 0) is 13.0 Å². The third-order valence-electron chi connectivity index (χ3n) is 3.80. The Hall–Kier alpha value is -1.94. The van der Waals surface area contributed by atoms with E-state index < -0.39 is 0 Å². The molecule has 0 atom stereocenters. The minimum atomic E-state index is 0.0424. The lowest BCUT2D eigenvalue weighted by Crippen LogP contribution is -2.27. The summed E-state index contributed by atoms with van der Waals surface area (Å²) in [7, 11) is 0. The average Bonchev–Trinajstić information content (AvgIpc) is 2.48. The number of aryl methyl sites for hydroxylation is 1. The third kappa shape index (κ3) is 1.58. The first kappa shape index (κ1) is 11.9. The molecule has 4 heteroatoms. The van der Waals surface area contributed by atoms with Gasteiger partial charge < -0.3 is 0 Å². The predicted molar refractivity (Wildman–Crippen MR) is 82.8 cm³/mol. The molecule has 2 aromatic carbocycles. The van der Waals surface area contributed by atoms with E-state index in [1.54, 1.807) is 4.57 Å². The van der Waals surface area contributed by atoms with E-state index in [0.29, 0.717) is 11.9 Å². The van der Waals surface area contributed by atoms with Crippen LogP contribution in [0, 0.1) is 0 Å². The van der Waals surface area contributed by atoms with Crippen LogP contribution in [0.2, 0.25) is 0 Å². The fourth-order valence-electron chi connectivity index (χ4n) is 2.81. The summed E-state index contributed by atoms with van der Waals surface area (Å²) in [5, 5.41) is 0.669. The highest BCUT2D eigenvalue weighted by Crippen LogP contribution is 2.29. The smallest absolute Gasteiger partial charge is 0.261 e. The minimum absolute atomic E-state index is 0.0424. The topological polar surface area (TPSA) is 34.9 Å². The van der Waals surface area contributed by atoms with Crippen LogP contribution in [0.15, 0.2) is 51.7 Å². The van der Waals surface area contributed by atoms with Gasteiger partial charge in [0, 0.05) is 16.6 Å². The average molecular weight is 327 g/mol. The Morgan fingerprint density at radius 2 is 1.95 bits per heavy atom. The zero-order valence-corrected chi connectivity index (χ0v) is 12.2. The number of hydrogen-bond acceptors (Lipinski definition) is 2. The molecule has 0 saturated heterocycles. The number of hydrogen-bond donors (Lipinski definition) is 0. The van der Waals surface area contributed by atoms with Crippen molar-refractivity contribution in [2.75, 3.05) is 0 Å². The Bertz CT molecular complexity index is 899. The van der Waals surface area contributed by atoms with E-state index in [4.69, 9.17) is 4.98 Å². The van der Waals surface area contributed by atoms with Crippen molar-refractivity contribution in [1.82, 2.24) is 9.55 Å². The molecule has 0 fully saturated rings. The molecule has 2 heterocycles. The van der Waals surface area contributed by atoms with Crippen molar-refractivity contribution in [2.45, 2.75) is 13.0 Å². The Labute approximate surface area is 124 Å². The van der Waals surface area contributed by atoms with Crippen molar-refractivity contribution >= 4 is 26.8 Å². The van der Waals surface area contributed by atoms with Crippen molar-refractivity contribution < 1.29 is 0 Å². The fourth-order valence-corrected chi connectivity index (χ4v) is 3.27. The number of para-hydroxylation sites is 1.